The maximum atomic E-state index is 12.2. The van der Waals surface area contributed by atoms with Crippen LogP contribution >= 0.6 is 0 Å². The summed E-state index contributed by atoms with van der Waals surface area (Å²) in [4.78, 5) is 12.1. The van der Waals surface area contributed by atoms with E-state index in [1.807, 2.05) is 4.83 Å². The number of nitrogens with one attached hydrogen (secondary N) is 1. The molecular weight excluding hydrogens is 362 g/mol. The molecule has 2 aromatic carbocycles. The molecule has 0 aliphatic heterocycles. The third-order valence-corrected chi connectivity index (χ3v) is 4.70. The zero-order chi connectivity index (χ0) is 19.3. The second kappa shape index (κ2) is 7.83. The minimum absolute atomic E-state index is 0.251. The summed E-state index contributed by atoms with van der Waals surface area (Å²) in [5, 5.41) is 14.6. The van der Waals surface area contributed by atoms with Gasteiger partial charge >= 0.3 is 0 Å². The van der Waals surface area contributed by atoms with Crippen molar-refractivity contribution in [3.63, 3.8) is 0 Å². The van der Waals surface area contributed by atoms with Crippen LogP contribution in [0, 0.1) is 17.0 Å². The molecule has 2 rings (SSSR count). The smallest absolute Gasteiger partial charge is 0.276 e. The molecule has 0 saturated heterocycles. The molecule has 10 heteroatoms. The molecule has 0 bridgehead atoms. The van der Waals surface area contributed by atoms with Gasteiger partial charge in [-0.15, -0.1) is 0 Å². The zero-order valence-electron chi connectivity index (χ0n) is 14.3. The molecule has 2 aromatic rings. The molecule has 0 radical (unpaired) electrons. The number of nitro groups is 1. The minimum Gasteiger partial charge on any atom is -0.493 e. The lowest BCUT2D eigenvalue weighted by atomic mass is 10.2. The van der Waals surface area contributed by atoms with E-state index in [4.69, 9.17) is 9.47 Å². The molecular formula is C16H17N3O6S. The van der Waals surface area contributed by atoms with Gasteiger partial charge in [0.15, 0.2) is 11.5 Å². The van der Waals surface area contributed by atoms with Crippen molar-refractivity contribution < 1.29 is 22.8 Å². The SMILES string of the molecule is COc1ccc(/C=N\NS(=O)(=O)c2ccc(C)c([N+](=O)[O-])c2)cc1OC. The largest absolute Gasteiger partial charge is 0.493 e. The highest BCUT2D eigenvalue weighted by molar-refractivity contribution is 7.89. The summed E-state index contributed by atoms with van der Waals surface area (Å²) < 4.78 is 34.7. The van der Waals surface area contributed by atoms with Gasteiger partial charge in [-0.25, -0.2) is 4.83 Å². The van der Waals surface area contributed by atoms with Gasteiger partial charge in [0.05, 0.1) is 30.3 Å². The Labute approximate surface area is 150 Å². The lowest BCUT2D eigenvalue weighted by Crippen LogP contribution is -2.18. The van der Waals surface area contributed by atoms with Crippen LogP contribution in [0.3, 0.4) is 0 Å². The van der Waals surface area contributed by atoms with Crippen molar-refractivity contribution in [1.82, 2.24) is 4.83 Å². The van der Waals surface area contributed by atoms with E-state index in [9.17, 15) is 18.5 Å². The lowest BCUT2D eigenvalue weighted by molar-refractivity contribution is -0.385. The van der Waals surface area contributed by atoms with Crippen molar-refractivity contribution in [3.8, 4) is 11.5 Å². The third-order valence-electron chi connectivity index (χ3n) is 3.48. The van der Waals surface area contributed by atoms with Crippen LogP contribution in [0.15, 0.2) is 46.4 Å². The predicted molar refractivity (Wildman–Crippen MR) is 95.3 cm³/mol. The van der Waals surface area contributed by atoms with Gasteiger partial charge in [0.1, 0.15) is 0 Å². The molecule has 0 unspecified atom stereocenters. The van der Waals surface area contributed by atoms with Crippen LogP contribution in [0.5, 0.6) is 11.5 Å². The van der Waals surface area contributed by atoms with Crippen molar-refractivity contribution in [2.45, 2.75) is 11.8 Å². The summed E-state index contributed by atoms with van der Waals surface area (Å²) in [6, 6.07) is 8.56. The molecule has 26 heavy (non-hydrogen) atoms. The van der Waals surface area contributed by atoms with E-state index in [0.717, 1.165) is 6.07 Å². The van der Waals surface area contributed by atoms with E-state index in [1.54, 1.807) is 18.2 Å². The lowest BCUT2D eigenvalue weighted by Gasteiger charge is -2.07. The van der Waals surface area contributed by atoms with Crippen molar-refractivity contribution >= 4 is 21.9 Å². The van der Waals surface area contributed by atoms with Crippen LogP contribution in [-0.2, 0) is 10.0 Å². The van der Waals surface area contributed by atoms with E-state index in [-0.39, 0.29) is 10.6 Å². The van der Waals surface area contributed by atoms with Gasteiger partial charge in [0, 0.05) is 11.6 Å². The number of hydrogen-bond donors (Lipinski definition) is 1. The molecule has 138 valence electrons. The van der Waals surface area contributed by atoms with Crippen LogP contribution in [0.4, 0.5) is 5.69 Å². The number of rotatable bonds is 7. The Morgan fingerprint density at radius 2 is 1.81 bits per heavy atom. The topological polar surface area (TPSA) is 120 Å². The molecule has 9 nitrogen and oxygen atoms in total. The first-order chi connectivity index (χ1) is 12.3. The number of benzene rings is 2. The molecule has 0 amide bonds. The Bertz CT molecular complexity index is 956. The Balaban J connectivity index is 2.21. The fraction of sp³-hybridized carbons (Fsp3) is 0.188. The number of aryl methyl sites for hydroxylation is 1. The van der Waals surface area contributed by atoms with E-state index in [1.165, 1.54) is 39.5 Å². The molecule has 0 aromatic heterocycles. The number of nitro benzene ring substituents is 1. The predicted octanol–water partition coefficient (Wildman–Crippen LogP) is 2.23. The monoisotopic (exact) mass is 379 g/mol. The molecule has 1 N–H and O–H groups in total. The van der Waals surface area contributed by atoms with Crippen molar-refractivity contribution in [1.29, 1.82) is 0 Å². The highest BCUT2D eigenvalue weighted by atomic mass is 32.2. The van der Waals surface area contributed by atoms with E-state index >= 15 is 0 Å². The van der Waals surface area contributed by atoms with Gasteiger partial charge < -0.3 is 9.47 Å². The van der Waals surface area contributed by atoms with E-state index in [2.05, 4.69) is 5.10 Å². The molecule has 0 aliphatic rings. The second-order valence-corrected chi connectivity index (χ2v) is 6.83. The Morgan fingerprint density at radius 3 is 2.42 bits per heavy atom. The first kappa shape index (κ1) is 19.2. The third kappa shape index (κ3) is 4.28. The first-order valence-corrected chi connectivity index (χ1v) is 8.78. The molecule has 0 atom stereocenters. The normalized spacial score (nSPS) is 11.3. The Morgan fingerprint density at radius 1 is 1.12 bits per heavy atom. The fourth-order valence-corrected chi connectivity index (χ4v) is 2.92. The Kier molecular flexibility index (Phi) is 5.78. The van der Waals surface area contributed by atoms with Crippen molar-refractivity contribution in [3.05, 3.63) is 57.6 Å². The quantitative estimate of drug-likeness (QED) is 0.447. The molecule has 0 aliphatic carbocycles. The molecule has 0 saturated carbocycles. The van der Waals surface area contributed by atoms with Gasteiger partial charge in [-0.05, 0) is 36.8 Å². The van der Waals surface area contributed by atoms with Crippen LogP contribution in [-0.4, -0.2) is 33.8 Å². The average Bonchev–Trinajstić information content (AvgIpc) is 2.61. The summed E-state index contributed by atoms with van der Waals surface area (Å²) >= 11 is 0. The highest BCUT2D eigenvalue weighted by Gasteiger charge is 2.19. The summed E-state index contributed by atoms with van der Waals surface area (Å²) in [7, 11) is -1.06. The minimum atomic E-state index is -4.04. The van der Waals surface area contributed by atoms with Crippen LogP contribution < -0.4 is 14.3 Å². The number of hydrogen-bond acceptors (Lipinski definition) is 7. The van der Waals surface area contributed by atoms with E-state index < -0.39 is 14.9 Å². The summed E-state index contributed by atoms with van der Waals surface area (Å²) in [6.07, 6.45) is 1.28. The number of nitrogens with zero attached hydrogens (tertiary/aromatic N) is 2. The first-order valence-electron chi connectivity index (χ1n) is 7.30. The number of hydrazone groups is 1. The standard InChI is InChI=1S/C16H17N3O6S/c1-11-4-6-13(9-14(11)19(20)21)26(22,23)18-17-10-12-5-7-15(24-2)16(8-12)25-3/h4-10,18H,1-3H3/b17-10-. The van der Waals surface area contributed by atoms with Gasteiger partial charge in [-0.1, -0.05) is 6.07 Å². The number of methoxy groups -OCH3 is 2. The maximum absolute atomic E-state index is 12.2. The average molecular weight is 379 g/mol. The summed E-state index contributed by atoms with van der Waals surface area (Å²) in [6.45, 7) is 1.52. The van der Waals surface area contributed by atoms with Gasteiger partial charge in [-0.2, -0.15) is 13.5 Å². The molecule has 0 heterocycles. The summed E-state index contributed by atoms with van der Waals surface area (Å²) in [5.41, 5.74) is 0.653. The summed E-state index contributed by atoms with van der Waals surface area (Å²) in [5.74, 6) is 0.991. The maximum Gasteiger partial charge on any atom is 0.276 e. The van der Waals surface area contributed by atoms with E-state index in [0.29, 0.717) is 22.6 Å². The Hall–Kier alpha value is -3.14. The molecule has 0 spiro atoms. The highest BCUT2D eigenvalue weighted by Crippen LogP contribution is 2.27. The van der Waals surface area contributed by atoms with Gasteiger partial charge in [0.2, 0.25) is 0 Å². The second-order valence-electron chi connectivity index (χ2n) is 5.17. The van der Waals surface area contributed by atoms with Crippen molar-refractivity contribution in [2.75, 3.05) is 14.2 Å². The molecule has 0 fully saturated rings. The number of ether oxygens (including phenoxy) is 2. The van der Waals surface area contributed by atoms with Crippen molar-refractivity contribution in [2.24, 2.45) is 5.10 Å². The van der Waals surface area contributed by atoms with Gasteiger partial charge in [0.25, 0.3) is 15.7 Å². The van der Waals surface area contributed by atoms with Crippen LogP contribution in [0.1, 0.15) is 11.1 Å². The van der Waals surface area contributed by atoms with Gasteiger partial charge in [-0.3, -0.25) is 10.1 Å². The van der Waals surface area contributed by atoms with Crippen LogP contribution in [0.2, 0.25) is 0 Å². The fourth-order valence-electron chi connectivity index (χ4n) is 2.11. The zero-order valence-corrected chi connectivity index (χ0v) is 15.1. The number of sulfonamides is 1. The van der Waals surface area contributed by atoms with Crippen LogP contribution in [0.25, 0.3) is 0 Å².